The van der Waals surface area contributed by atoms with Gasteiger partial charge < -0.3 is 9.80 Å². The molecule has 1 aliphatic carbocycles. The molecule has 10 heteroatoms. The molecule has 2 aromatic carbocycles. The number of urea groups is 1. The molecule has 1 spiro atoms. The standard InChI is InChI=1S/C24H26F3N3O3S/c25-15-34(32,33)28-22-20(30(14-24(22)9-10-24)23(31)29-12-18(26)13-29)11-17-7-4-8-19(21(17)27)16-5-2-1-3-6-16/h1-8,18,20,22,28H,9-15H2/t20-,22+/m0/s1. The normalized spacial score (nSPS) is 23.9. The molecule has 3 fully saturated rings. The van der Waals surface area contributed by atoms with E-state index in [4.69, 9.17) is 0 Å². The number of carbonyl (C=O) groups is 1. The number of benzene rings is 2. The van der Waals surface area contributed by atoms with Crippen LogP contribution in [0.15, 0.2) is 48.5 Å². The molecule has 5 rings (SSSR count). The molecule has 34 heavy (non-hydrogen) atoms. The van der Waals surface area contributed by atoms with Crippen molar-refractivity contribution in [2.45, 2.75) is 37.5 Å². The van der Waals surface area contributed by atoms with E-state index in [-0.39, 0.29) is 26.1 Å². The van der Waals surface area contributed by atoms with E-state index >= 15 is 4.39 Å². The topological polar surface area (TPSA) is 69.7 Å². The van der Waals surface area contributed by atoms with Gasteiger partial charge >= 0.3 is 6.03 Å². The van der Waals surface area contributed by atoms with Crippen molar-refractivity contribution in [3.8, 4) is 11.1 Å². The van der Waals surface area contributed by atoms with E-state index in [1.807, 2.05) is 18.2 Å². The first-order chi connectivity index (χ1) is 16.2. The summed E-state index contributed by atoms with van der Waals surface area (Å²) in [5.41, 5.74) is 0.914. The van der Waals surface area contributed by atoms with Crippen LogP contribution in [0.3, 0.4) is 0 Å². The molecule has 1 saturated carbocycles. The van der Waals surface area contributed by atoms with Gasteiger partial charge in [-0.25, -0.2) is 31.1 Å². The number of rotatable bonds is 6. The SMILES string of the molecule is O=C(N1CC(F)C1)N1CC2(CC2)[C@H](NS(=O)(=O)CF)[C@@H]1Cc1cccc(-c2ccccc2)c1F. The third kappa shape index (κ3) is 4.17. The van der Waals surface area contributed by atoms with Crippen molar-refractivity contribution in [3.05, 3.63) is 59.9 Å². The molecule has 2 amide bonds. The molecule has 0 unspecified atom stereocenters. The van der Waals surface area contributed by atoms with E-state index in [1.54, 1.807) is 30.3 Å². The second kappa shape index (κ2) is 8.57. The number of carbonyl (C=O) groups excluding carboxylic acids is 1. The number of hydrogen-bond acceptors (Lipinski definition) is 3. The Morgan fingerprint density at radius 2 is 1.79 bits per heavy atom. The summed E-state index contributed by atoms with van der Waals surface area (Å²) in [6.07, 6.45) is 0.309. The Morgan fingerprint density at radius 1 is 1.09 bits per heavy atom. The van der Waals surface area contributed by atoms with Gasteiger partial charge in [-0.1, -0.05) is 48.5 Å². The van der Waals surface area contributed by atoms with Crippen molar-refractivity contribution in [1.82, 2.24) is 14.5 Å². The van der Waals surface area contributed by atoms with Crippen LogP contribution in [0.1, 0.15) is 18.4 Å². The van der Waals surface area contributed by atoms with E-state index in [9.17, 15) is 22.0 Å². The number of hydrogen-bond donors (Lipinski definition) is 1. The maximum atomic E-state index is 15.6. The van der Waals surface area contributed by atoms with Gasteiger partial charge in [-0.3, -0.25) is 0 Å². The molecule has 182 valence electrons. The third-order valence-corrected chi connectivity index (χ3v) is 8.12. The van der Waals surface area contributed by atoms with Crippen LogP contribution >= 0.6 is 0 Å². The van der Waals surface area contributed by atoms with Gasteiger partial charge in [0.05, 0.1) is 19.1 Å². The van der Waals surface area contributed by atoms with Gasteiger partial charge in [0, 0.05) is 23.6 Å². The Labute approximate surface area is 196 Å². The summed E-state index contributed by atoms with van der Waals surface area (Å²) < 4.78 is 69.0. The number of nitrogens with one attached hydrogen (secondary N) is 1. The van der Waals surface area contributed by atoms with Gasteiger partial charge in [-0.15, -0.1) is 0 Å². The van der Waals surface area contributed by atoms with Crippen molar-refractivity contribution >= 4 is 16.1 Å². The van der Waals surface area contributed by atoms with Gasteiger partial charge in [0.1, 0.15) is 12.0 Å². The van der Waals surface area contributed by atoms with Crippen molar-refractivity contribution < 1.29 is 26.4 Å². The van der Waals surface area contributed by atoms with Crippen LogP contribution in [0.4, 0.5) is 18.0 Å². The summed E-state index contributed by atoms with van der Waals surface area (Å²) in [5.74, 6) is -0.447. The first kappa shape index (κ1) is 23.2. The van der Waals surface area contributed by atoms with Crippen molar-refractivity contribution in [2.24, 2.45) is 5.41 Å². The lowest BCUT2D eigenvalue weighted by Crippen LogP contribution is -2.58. The number of nitrogens with zero attached hydrogens (tertiary/aromatic N) is 2. The molecule has 0 bridgehead atoms. The predicted molar refractivity (Wildman–Crippen MR) is 121 cm³/mol. The number of likely N-dealkylation sites (tertiary alicyclic amines) is 2. The van der Waals surface area contributed by atoms with Gasteiger partial charge in [0.2, 0.25) is 16.0 Å². The summed E-state index contributed by atoms with van der Waals surface area (Å²) in [6.45, 7) is 0.227. The molecule has 2 aliphatic heterocycles. The lowest BCUT2D eigenvalue weighted by atomic mass is 9.91. The van der Waals surface area contributed by atoms with Crippen LogP contribution in [-0.2, 0) is 16.4 Å². The van der Waals surface area contributed by atoms with Crippen molar-refractivity contribution in [3.63, 3.8) is 0 Å². The summed E-state index contributed by atoms with van der Waals surface area (Å²) in [4.78, 5) is 16.1. The maximum Gasteiger partial charge on any atom is 0.320 e. The minimum absolute atomic E-state index is 0.0201. The van der Waals surface area contributed by atoms with E-state index in [0.29, 0.717) is 29.5 Å². The van der Waals surface area contributed by atoms with Crippen LogP contribution in [-0.4, -0.2) is 68.1 Å². The largest absolute Gasteiger partial charge is 0.320 e. The van der Waals surface area contributed by atoms with E-state index < -0.39 is 51.5 Å². The highest BCUT2D eigenvalue weighted by Crippen LogP contribution is 2.56. The third-order valence-electron chi connectivity index (χ3n) is 7.22. The van der Waals surface area contributed by atoms with Crippen molar-refractivity contribution in [1.29, 1.82) is 0 Å². The minimum atomic E-state index is -4.21. The highest BCUT2D eigenvalue weighted by Gasteiger charge is 2.62. The van der Waals surface area contributed by atoms with Crippen LogP contribution in [0.25, 0.3) is 11.1 Å². The number of sulfonamides is 1. The molecular formula is C24H26F3N3O3S. The van der Waals surface area contributed by atoms with E-state index in [2.05, 4.69) is 4.72 Å². The summed E-state index contributed by atoms with van der Waals surface area (Å²) >= 11 is 0. The van der Waals surface area contributed by atoms with Crippen LogP contribution in [0, 0.1) is 11.2 Å². The van der Waals surface area contributed by atoms with E-state index in [1.165, 1.54) is 9.80 Å². The van der Waals surface area contributed by atoms with Crippen LogP contribution < -0.4 is 4.72 Å². The molecule has 6 nitrogen and oxygen atoms in total. The predicted octanol–water partition coefficient (Wildman–Crippen LogP) is 3.49. The highest BCUT2D eigenvalue weighted by molar-refractivity contribution is 7.89. The smallest absolute Gasteiger partial charge is 0.319 e. The fraction of sp³-hybridized carbons (Fsp3) is 0.458. The van der Waals surface area contributed by atoms with E-state index in [0.717, 1.165) is 0 Å². The zero-order valence-corrected chi connectivity index (χ0v) is 19.3. The molecule has 0 aromatic heterocycles. The Hall–Kier alpha value is -2.59. The monoisotopic (exact) mass is 493 g/mol. The van der Waals surface area contributed by atoms with Crippen LogP contribution in [0.2, 0.25) is 0 Å². The van der Waals surface area contributed by atoms with Gasteiger partial charge in [0.25, 0.3) is 0 Å². The van der Waals surface area contributed by atoms with Gasteiger partial charge in [-0.05, 0) is 30.4 Å². The molecule has 2 saturated heterocycles. The molecule has 1 N–H and O–H groups in total. The Kier molecular flexibility index (Phi) is 5.84. The minimum Gasteiger partial charge on any atom is -0.319 e. The lowest BCUT2D eigenvalue weighted by molar-refractivity contribution is 0.0643. The average Bonchev–Trinajstić information content (AvgIpc) is 3.53. The highest BCUT2D eigenvalue weighted by atomic mass is 32.2. The average molecular weight is 494 g/mol. The summed E-state index contributed by atoms with van der Waals surface area (Å²) in [5, 5.41) is 0. The molecule has 2 aromatic rings. The molecule has 0 radical (unpaired) electrons. The zero-order chi connectivity index (χ0) is 24.1. The number of halogens is 3. The summed E-state index contributed by atoms with van der Waals surface area (Å²) in [7, 11) is -4.21. The number of amides is 2. The molecule has 2 heterocycles. The molecule has 3 aliphatic rings. The summed E-state index contributed by atoms with van der Waals surface area (Å²) in [6, 6.07) is 10.6. The second-order valence-electron chi connectivity index (χ2n) is 9.51. The van der Waals surface area contributed by atoms with Gasteiger partial charge in [-0.2, -0.15) is 0 Å². The fourth-order valence-corrected chi connectivity index (χ4v) is 6.06. The van der Waals surface area contributed by atoms with Gasteiger partial charge in [0.15, 0.2) is 0 Å². The second-order valence-corrected chi connectivity index (χ2v) is 11.2. The first-order valence-electron chi connectivity index (χ1n) is 11.3. The zero-order valence-electron chi connectivity index (χ0n) is 18.5. The molecule has 2 atom stereocenters. The Morgan fingerprint density at radius 3 is 2.41 bits per heavy atom. The Balaban J connectivity index is 1.50. The lowest BCUT2D eigenvalue weighted by Gasteiger charge is -2.39. The quantitative estimate of drug-likeness (QED) is 0.670. The van der Waals surface area contributed by atoms with Crippen LogP contribution in [0.5, 0.6) is 0 Å². The van der Waals surface area contributed by atoms with Crippen molar-refractivity contribution in [2.75, 3.05) is 25.6 Å². The maximum absolute atomic E-state index is 15.6. The first-order valence-corrected chi connectivity index (χ1v) is 13.0. The molecular weight excluding hydrogens is 467 g/mol. The number of alkyl halides is 2. The fourth-order valence-electron chi connectivity index (χ4n) is 5.20. The Bertz CT molecular complexity index is 1180.